The number of hydrogen-bond acceptors (Lipinski definition) is 4. The Kier molecular flexibility index (Phi) is 1.68. The molecule has 0 aromatic heterocycles. The molecule has 9 heavy (non-hydrogen) atoms. The third kappa shape index (κ3) is 1.20. The van der Waals surface area contributed by atoms with E-state index in [1.54, 1.807) is 6.34 Å². The minimum Gasteiger partial charge on any atom is -0.338 e. The van der Waals surface area contributed by atoms with E-state index in [2.05, 4.69) is 4.99 Å². The molecular weight excluding hydrogens is 116 g/mol. The van der Waals surface area contributed by atoms with E-state index in [0.29, 0.717) is 6.67 Å². The van der Waals surface area contributed by atoms with Crippen molar-refractivity contribution in [3.8, 4) is 0 Å². The van der Waals surface area contributed by atoms with Gasteiger partial charge in [-0.1, -0.05) is 0 Å². The number of nitrogens with zero attached hydrogens (tertiary/aromatic N) is 3. The van der Waals surface area contributed by atoms with E-state index < -0.39 is 0 Å². The van der Waals surface area contributed by atoms with E-state index in [4.69, 9.17) is 5.73 Å². The first kappa shape index (κ1) is 6.51. The molecule has 0 saturated carbocycles. The highest BCUT2D eigenvalue weighted by atomic mass is 15.4. The van der Waals surface area contributed by atoms with Gasteiger partial charge >= 0.3 is 0 Å². The second-order valence-corrected chi connectivity index (χ2v) is 2.28. The van der Waals surface area contributed by atoms with Crippen LogP contribution in [0.5, 0.6) is 0 Å². The first-order valence-corrected chi connectivity index (χ1v) is 2.89. The quantitative estimate of drug-likeness (QED) is 0.459. The molecule has 0 fully saturated rings. The monoisotopic (exact) mass is 128 g/mol. The molecule has 4 heteroatoms. The summed E-state index contributed by atoms with van der Waals surface area (Å²) in [6.07, 6.45) is 1.74. The minimum atomic E-state index is -0.0116. The molecular formula is C5H12N4. The zero-order chi connectivity index (χ0) is 6.85. The maximum atomic E-state index is 5.68. The Labute approximate surface area is 54.9 Å². The lowest BCUT2D eigenvalue weighted by molar-refractivity contribution is 0.134. The average molecular weight is 128 g/mol. The summed E-state index contributed by atoms with van der Waals surface area (Å²) in [6.45, 7) is 0.700. The summed E-state index contributed by atoms with van der Waals surface area (Å²) in [5.74, 6) is 0. The molecule has 1 unspecified atom stereocenters. The predicted molar refractivity (Wildman–Crippen MR) is 36.9 cm³/mol. The van der Waals surface area contributed by atoms with Crippen molar-refractivity contribution in [1.82, 2.24) is 9.80 Å². The Balaban J connectivity index is 2.58. The van der Waals surface area contributed by atoms with Crippen LogP contribution in [0, 0.1) is 0 Å². The fourth-order valence-electron chi connectivity index (χ4n) is 0.757. The van der Waals surface area contributed by atoms with Crippen molar-refractivity contribution in [3.05, 3.63) is 0 Å². The van der Waals surface area contributed by atoms with Gasteiger partial charge in [-0.25, -0.2) is 0 Å². The van der Waals surface area contributed by atoms with Crippen molar-refractivity contribution in [2.75, 3.05) is 20.8 Å². The predicted octanol–water partition coefficient (Wildman–Crippen LogP) is -0.908. The van der Waals surface area contributed by atoms with Gasteiger partial charge in [-0.05, 0) is 7.05 Å². The fraction of sp³-hybridized carbons (Fsp3) is 0.800. The molecule has 0 aliphatic carbocycles. The second-order valence-electron chi connectivity index (χ2n) is 2.28. The van der Waals surface area contributed by atoms with Crippen molar-refractivity contribution >= 4 is 6.34 Å². The molecule has 1 aliphatic rings. The highest BCUT2D eigenvalue weighted by Crippen LogP contribution is 1.97. The molecule has 0 radical (unpaired) electrons. The fourth-order valence-corrected chi connectivity index (χ4v) is 0.757. The molecule has 0 saturated heterocycles. The van der Waals surface area contributed by atoms with Gasteiger partial charge in [0.2, 0.25) is 0 Å². The lowest BCUT2D eigenvalue weighted by Gasteiger charge is -2.33. The zero-order valence-corrected chi connectivity index (χ0v) is 5.78. The third-order valence-corrected chi connectivity index (χ3v) is 1.44. The van der Waals surface area contributed by atoms with Gasteiger partial charge in [-0.2, -0.15) is 0 Å². The van der Waals surface area contributed by atoms with Crippen LogP contribution in [0.15, 0.2) is 4.99 Å². The first-order valence-electron chi connectivity index (χ1n) is 2.89. The molecule has 1 heterocycles. The van der Waals surface area contributed by atoms with Gasteiger partial charge in [-0.15, -0.1) is 0 Å². The van der Waals surface area contributed by atoms with Crippen LogP contribution in [0.25, 0.3) is 0 Å². The Hall–Kier alpha value is -0.610. The zero-order valence-electron chi connectivity index (χ0n) is 5.78. The van der Waals surface area contributed by atoms with Crippen LogP contribution in [0.1, 0.15) is 0 Å². The van der Waals surface area contributed by atoms with Gasteiger partial charge < -0.3 is 4.90 Å². The smallest absolute Gasteiger partial charge is 0.136 e. The average Bonchev–Trinajstić information content (AvgIpc) is 1.83. The van der Waals surface area contributed by atoms with E-state index in [9.17, 15) is 0 Å². The molecule has 0 aromatic carbocycles. The number of aliphatic imine (C=N–C) groups is 1. The van der Waals surface area contributed by atoms with Gasteiger partial charge in [0, 0.05) is 7.05 Å². The lowest BCUT2D eigenvalue weighted by Crippen LogP contribution is -2.53. The third-order valence-electron chi connectivity index (χ3n) is 1.44. The molecule has 1 aliphatic heterocycles. The van der Waals surface area contributed by atoms with Crippen LogP contribution in [0.4, 0.5) is 0 Å². The Morgan fingerprint density at radius 1 is 1.67 bits per heavy atom. The highest BCUT2D eigenvalue weighted by Gasteiger charge is 2.14. The van der Waals surface area contributed by atoms with Crippen molar-refractivity contribution in [2.45, 2.75) is 6.29 Å². The van der Waals surface area contributed by atoms with Gasteiger partial charge in [0.15, 0.2) is 0 Å². The van der Waals surface area contributed by atoms with Crippen molar-refractivity contribution in [1.29, 1.82) is 0 Å². The Morgan fingerprint density at radius 2 is 2.33 bits per heavy atom. The summed E-state index contributed by atoms with van der Waals surface area (Å²) in [5.41, 5.74) is 5.68. The Morgan fingerprint density at radius 3 is 2.78 bits per heavy atom. The topological polar surface area (TPSA) is 44.9 Å². The summed E-state index contributed by atoms with van der Waals surface area (Å²) in [4.78, 5) is 7.86. The standard InChI is InChI=1S/C5H12N4/c1-8-3-7-4-9(2)5(8)6/h3,5H,4,6H2,1-2H3. The molecule has 52 valence electrons. The van der Waals surface area contributed by atoms with Gasteiger partial charge in [0.25, 0.3) is 0 Å². The maximum Gasteiger partial charge on any atom is 0.136 e. The minimum absolute atomic E-state index is 0.0116. The molecule has 1 rings (SSSR count). The summed E-state index contributed by atoms with van der Waals surface area (Å²) in [6, 6.07) is 0. The number of hydrogen-bond donors (Lipinski definition) is 1. The van der Waals surface area contributed by atoms with Crippen LogP contribution >= 0.6 is 0 Å². The summed E-state index contributed by atoms with van der Waals surface area (Å²) in [5, 5.41) is 0. The summed E-state index contributed by atoms with van der Waals surface area (Å²) < 4.78 is 0. The van der Waals surface area contributed by atoms with E-state index in [0.717, 1.165) is 0 Å². The van der Waals surface area contributed by atoms with Crippen LogP contribution in [0.2, 0.25) is 0 Å². The van der Waals surface area contributed by atoms with E-state index in [1.807, 2.05) is 23.9 Å². The van der Waals surface area contributed by atoms with Gasteiger partial charge in [0.05, 0.1) is 13.0 Å². The molecule has 0 bridgehead atoms. The second kappa shape index (κ2) is 2.33. The Bertz CT molecular complexity index is 122. The molecule has 0 amide bonds. The SMILES string of the molecule is CN1C=NCN(C)C1N. The molecule has 4 nitrogen and oxygen atoms in total. The van der Waals surface area contributed by atoms with Gasteiger partial charge in [-0.3, -0.25) is 15.6 Å². The molecule has 2 N–H and O–H groups in total. The van der Waals surface area contributed by atoms with Crippen molar-refractivity contribution in [2.24, 2.45) is 10.7 Å². The molecule has 0 aromatic rings. The van der Waals surface area contributed by atoms with Crippen molar-refractivity contribution < 1.29 is 0 Å². The van der Waals surface area contributed by atoms with E-state index >= 15 is 0 Å². The number of rotatable bonds is 0. The highest BCUT2D eigenvalue weighted by molar-refractivity contribution is 5.55. The van der Waals surface area contributed by atoms with Crippen LogP contribution in [-0.4, -0.2) is 43.2 Å². The summed E-state index contributed by atoms with van der Waals surface area (Å²) in [7, 11) is 3.85. The van der Waals surface area contributed by atoms with Crippen LogP contribution < -0.4 is 5.73 Å². The van der Waals surface area contributed by atoms with Gasteiger partial charge in [0.1, 0.15) is 6.29 Å². The lowest BCUT2D eigenvalue weighted by atomic mass is 10.6. The summed E-state index contributed by atoms with van der Waals surface area (Å²) >= 11 is 0. The molecule has 1 atom stereocenters. The first-order chi connectivity index (χ1) is 4.22. The van der Waals surface area contributed by atoms with Crippen LogP contribution in [0.3, 0.4) is 0 Å². The molecule has 0 spiro atoms. The number of nitrogens with two attached hydrogens (primary N) is 1. The largest absolute Gasteiger partial charge is 0.338 e. The normalized spacial score (nSPS) is 29.2. The van der Waals surface area contributed by atoms with E-state index in [1.165, 1.54) is 0 Å². The maximum absolute atomic E-state index is 5.68. The van der Waals surface area contributed by atoms with Crippen molar-refractivity contribution in [3.63, 3.8) is 0 Å². The van der Waals surface area contributed by atoms with E-state index in [-0.39, 0.29) is 6.29 Å². The van der Waals surface area contributed by atoms with Crippen LogP contribution in [-0.2, 0) is 0 Å².